The molecular weight excluding hydrogens is 204 g/mol. The Kier molecular flexibility index (Phi) is 2.78. The average Bonchev–Trinajstić information content (AvgIpc) is 3.10. The number of hydrogen-bond donors (Lipinski definition) is 1. The first-order valence-electron chi connectivity index (χ1n) is 5.19. The van der Waals surface area contributed by atoms with Crippen LogP contribution in [-0.2, 0) is 4.79 Å². The highest BCUT2D eigenvalue weighted by Gasteiger charge is 2.30. The van der Waals surface area contributed by atoms with E-state index in [1.54, 1.807) is 24.3 Å². The first-order valence-corrected chi connectivity index (χ1v) is 5.19. The van der Waals surface area contributed by atoms with Crippen molar-refractivity contribution in [1.82, 2.24) is 0 Å². The third-order valence-corrected chi connectivity index (χ3v) is 2.62. The molecule has 0 heterocycles. The molecule has 4 heteroatoms. The number of rotatable bonds is 4. The Bertz CT molecular complexity index is 429. The third-order valence-electron chi connectivity index (χ3n) is 2.62. The van der Waals surface area contributed by atoms with Gasteiger partial charge in [-0.05, 0) is 37.1 Å². The number of benzene rings is 1. The molecule has 4 nitrogen and oxygen atoms in total. The van der Waals surface area contributed by atoms with E-state index in [1.807, 2.05) is 11.0 Å². The summed E-state index contributed by atoms with van der Waals surface area (Å²) < 4.78 is 0. The van der Waals surface area contributed by atoms with Crippen LogP contribution in [0.1, 0.15) is 18.4 Å². The predicted molar refractivity (Wildman–Crippen MR) is 59.2 cm³/mol. The van der Waals surface area contributed by atoms with Crippen LogP contribution in [0.3, 0.4) is 0 Å². The molecule has 0 unspecified atom stereocenters. The quantitative estimate of drug-likeness (QED) is 0.830. The molecule has 82 valence electrons. The predicted octanol–water partition coefficient (Wildman–Crippen LogP) is 1.61. The Morgan fingerprint density at radius 3 is 2.50 bits per heavy atom. The molecule has 0 radical (unpaired) electrons. The van der Waals surface area contributed by atoms with E-state index in [0.717, 1.165) is 18.5 Å². The van der Waals surface area contributed by atoms with Gasteiger partial charge in [-0.3, -0.25) is 4.79 Å². The zero-order valence-corrected chi connectivity index (χ0v) is 8.76. The molecule has 0 saturated heterocycles. The maximum atomic E-state index is 10.7. The van der Waals surface area contributed by atoms with Crippen molar-refractivity contribution in [2.75, 3.05) is 11.4 Å². The molecule has 1 aliphatic rings. The van der Waals surface area contributed by atoms with Crippen LogP contribution in [-0.4, -0.2) is 23.7 Å². The van der Waals surface area contributed by atoms with Gasteiger partial charge in [-0.25, -0.2) is 0 Å². The summed E-state index contributed by atoms with van der Waals surface area (Å²) in [4.78, 5) is 12.6. The van der Waals surface area contributed by atoms with Crippen molar-refractivity contribution in [1.29, 1.82) is 5.26 Å². The highest BCUT2D eigenvalue weighted by molar-refractivity contribution is 5.74. The van der Waals surface area contributed by atoms with Crippen molar-refractivity contribution in [2.24, 2.45) is 0 Å². The van der Waals surface area contributed by atoms with Crippen molar-refractivity contribution in [3.63, 3.8) is 0 Å². The van der Waals surface area contributed by atoms with Gasteiger partial charge >= 0.3 is 5.97 Å². The molecule has 1 fully saturated rings. The number of carbonyl (C=O) groups is 1. The lowest BCUT2D eigenvalue weighted by Gasteiger charge is -2.22. The Morgan fingerprint density at radius 2 is 2.06 bits per heavy atom. The maximum Gasteiger partial charge on any atom is 0.323 e. The Labute approximate surface area is 93.7 Å². The molecule has 0 atom stereocenters. The lowest BCUT2D eigenvalue weighted by Crippen LogP contribution is -2.31. The van der Waals surface area contributed by atoms with E-state index in [2.05, 4.69) is 0 Å². The molecule has 0 spiro atoms. The van der Waals surface area contributed by atoms with Gasteiger partial charge in [0.1, 0.15) is 6.54 Å². The maximum absolute atomic E-state index is 10.7. The molecule has 16 heavy (non-hydrogen) atoms. The number of nitriles is 1. The van der Waals surface area contributed by atoms with E-state index in [1.165, 1.54) is 0 Å². The van der Waals surface area contributed by atoms with Crippen LogP contribution in [0.4, 0.5) is 5.69 Å². The van der Waals surface area contributed by atoms with E-state index >= 15 is 0 Å². The van der Waals surface area contributed by atoms with E-state index in [9.17, 15) is 4.79 Å². The molecule has 0 aromatic heterocycles. The second kappa shape index (κ2) is 4.23. The first kappa shape index (κ1) is 10.5. The second-order valence-corrected chi connectivity index (χ2v) is 3.91. The smallest absolute Gasteiger partial charge is 0.323 e. The fourth-order valence-corrected chi connectivity index (χ4v) is 1.69. The Morgan fingerprint density at radius 1 is 1.44 bits per heavy atom. The normalized spacial score (nSPS) is 14.2. The summed E-state index contributed by atoms with van der Waals surface area (Å²) in [5.41, 5.74) is 1.47. The molecule has 1 aromatic carbocycles. The van der Waals surface area contributed by atoms with Gasteiger partial charge in [-0.15, -0.1) is 0 Å². The monoisotopic (exact) mass is 216 g/mol. The number of nitrogens with zero attached hydrogens (tertiary/aromatic N) is 2. The molecule has 0 aliphatic heterocycles. The van der Waals surface area contributed by atoms with Crippen molar-refractivity contribution < 1.29 is 9.90 Å². The zero-order chi connectivity index (χ0) is 11.5. The van der Waals surface area contributed by atoms with Crippen LogP contribution in [0.5, 0.6) is 0 Å². The molecular formula is C12H12N2O2. The zero-order valence-electron chi connectivity index (χ0n) is 8.76. The van der Waals surface area contributed by atoms with Crippen LogP contribution in [0, 0.1) is 11.3 Å². The minimum atomic E-state index is -0.823. The van der Waals surface area contributed by atoms with E-state index in [0.29, 0.717) is 11.6 Å². The number of carboxylic acid groups (broad SMARTS) is 1. The topological polar surface area (TPSA) is 64.3 Å². The van der Waals surface area contributed by atoms with Gasteiger partial charge in [0.2, 0.25) is 0 Å². The van der Waals surface area contributed by atoms with Gasteiger partial charge in [0.05, 0.1) is 11.6 Å². The third kappa shape index (κ3) is 2.31. The average molecular weight is 216 g/mol. The summed E-state index contributed by atoms with van der Waals surface area (Å²) in [5.74, 6) is -0.823. The van der Waals surface area contributed by atoms with Gasteiger partial charge in [-0.2, -0.15) is 5.26 Å². The SMILES string of the molecule is N#Cc1ccc(N(CC(=O)O)C2CC2)cc1. The number of aliphatic carboxylic acids is 1. The van der Waals surface area contributed by atoms with Crippen molar-refractivity contribution in [3.8, 4) is 6.07 Å². The summed E-state index contributed by atoms with van der Waals surface area (Å²) in [5, 5.41) is 17.5. The van der Waals surface area contributed by atoms with E-state index in [-0.39, 0.29) is 6.54 Å². The van der Waals surface area contributed by atoms with Crippen LogP contribution >= 0.6 is 0 Å². The van der Waals surface area contributed by atoms with Crippen molar-refractivity contribution in [3.05, 3.63) is 29.8 Å². The summed E-state index contributed by atoms with van der Waals surface area (Å²) in [6.45, 7) is 0.0244. The van der Waals surface area contributed by atoms with Gasteiger partial charge in [0, 0.05) is 11.7 Å². The van der Waals surface area contributed by atoms with E-state index in [4.69, 9.17) is 10.4 Å². The molecule has 1 saturated carbocycles. The van der Waals surface area contributed by atoms with Gasteiger partial charge < -0.3 is 10.0 Å². The lowest BCUT2D eigenvalue weighted by molar-refractivity contribution is -0.135. The standard InChI is InChI=1S/C12H12N2O2/c13-7-9-1-3-10(4-2-9)14(8-12(15)16)11-5-6-11/h1-4,11H,5-6,8H2,(H,15,16). The molecule has 0 amide bonds. The van der Waals surface area contributed by atoms with E-state index < -0.39 is 5.97 Å². The Balaban J connectivity index is 2.18. The minimum absolute atomic E-state index is 0.0244. The highest BCUT2D eigenvalue weighted by Crippen LogP contribution is 2.31. The molecule has 1 aliphatic carbocycles. The summed E-state index contributed by atoms with van der Waals surface area (Å²) in [6.07, 6.45) is 2.10. The minimum Gasteiger partial charge on any atom is -0.480 e. The highest BCUT2D eigenvalue weighted by atomic mass is 16.4. The van der Waals surface area contributed by atoms with Gasteiger partial charge in [0.25, 0.3) is 0 Å². The largest absolute Gasteiger partial charge is 0.480 e. The molecule has 2 rings (SSSR count). The lowest BCUT2D eigenvalue weighted by atomic mass is 10.2. The van der Waals surface area contributed by atoms with Crippen LogP contribution in [0.25, 0.3) is 0 Å². The number of carboxylic acids is 1. The molecule has 0 bridgehead atoms. The van der Waals surface area contributed by atoms with Crippen LogP contribution in [0.15, 0.2) is 24.3 Å². The number of hydrogen-bond acceptors (Lipinski definition) is 3. The first-order chi connectivity index (χ1) is 7.70. The van der Waals surface area contributed by atoms with Crippen molar-refractivity contribution >= 4 is 11.7 Å². The number of anilines is 1. The summed E-state index contributed by atoms with van der Waals surface area (Å²) in [6, 6.07) is 9.44. The summed E-state index contributed by atoms with van der Waals surface area (Å²) >= 11 is 0. The van der Waals surface area contributed by atoms with Crippen LogP contribution in [0.2, 0.25) is 0 Å². The van der Waals surface area contributed by atoms with Crippen LogP contribution < -0.4 is 4.90 Å². The van der Waals surface area contributed by atoms with Gasteiger partial charge in [0.15, 0.2) is 0 Å². The Hall–Kier alpha value is -2.02. The molecule has 1 N–H and O–H groups in total. The van der Waals surface area contributed by atoms with Gasteiger partial charge in [-0.1, -0.05) is 0 Å². The van der Waals surface area contributed by atoms with Crippen molar-refractivity contribution in [2.45, 2.75) is 18.9 Å². The fraction of sp³-hybridized carbons (Fsp3) is 0.333. The second-order valence-electron chi connectivity index (χ2n) is 3.91. The molecule has 1 aromatic rings. The summed E-state index contributed by atoms with van der Waals surface area (Å²) in [7, 11) is 0. The fourth-order valence-electron chi connectivity index (χ4n) is 1.69.